The Morgan fingerprint density at radius 1 is 1.39 bits per heavy atom. The highest BCUT2D eigenvalue weighted by atomic mass is 16.6. The van der Waals surface area contributed by atoms with Crippen LogP contribution in [0.2, 0.25) is 0 Å². The van der Waals surface area contributed by atoms with Crippen LogP contribution in [0.4, 0.5) is 4.79 Å². The molecule has 0 aromatic carbocycles. The van der Waals surface area contributed by atoms with E-state index in [0.29, 0.717) is 0 Å². The number of likely N-dealkylation sites (tertiary alicyclic amines) is 1. The molecule has 0 bridgehead atoms. The number of carbonyl (C=O) groups excluding carboxylic acids is 1. The molecule has 1 rings (SSSR count). The summed E-state index contributed by atoms with van der Waals surface area (Å²) >= 11 is 0. The second-order valence-corrected chi connectivity index (χ2v) is 5.91. The van der Waals surface area contributed by atoms with E-state index in [1.165, 1.54) is 11.8 Å². The highest BCUT2D eigenvalue weighted by Crippen LogP contribution is 2.32. The number of hydrogen-bond donors (Lipinski definition) is 2. The standard InChI is InChI=1S/C12H21NO5/c1-11(2,3)18-10(17)13-6-5-12(4,9(15)16)8(14)7-13/h8,14H,5-7H2,1-4H3,(H,15,16). The lowest BCUT2D eigenvalue weighted by Gasteiger charge is -2.40. The number of aliphatic carboxylic acids is 1. The Bertz CT molecular complexity index is 349. The number of aliphatic hydroxyl groups is 1. The van der Waals surface area contributed by atoms with Gasteiger partial charge in [-0.2, -0.15) is 0 Å². The molecule has 6 heteroatoms. The largest absolute Gasteiger partial charge is 0.481 e. The number of hydrogen-bond acceptors (Lipinski definition) is 4. The number of β-amino-alcohol motifs (C(OH)–C–C–N with tert-alkyl or cyclic N) is 1. The SMILES string of the molecule is CC(C)(C)OC(=O)N1CCC(C)(C(=O)O)C(O)C1. The Balaban J connectivity index is 2.67. The normalized spacial score (nSPS) is 28.9. The zero-order valence-electron chi connectivity index (χ0n) is 11.3. The Morgan fingerprint density at radius 3 is 2.33 bits per heavy atom. The van der Waals surface area contributed by atoms with Crippen LogP contribution in [0, 0.1) is 5.41 Å². The molecule has 1 saturated heterocycles. The van der Waals surface area contributed by atoms with Crippen molar-refractivity contribution in [3.05, 3.63) is 0 Å². The molecule has 1 amide bonds. The van der Waals surface area contributed by atoms with Crippen LogP contribution >= 0.6 is 0 Å². The van der Waals surface area contributed by atoms with Gasteiger partial charge in [-0.1, -0.05) is 0 Å². The van der Waals surface area contributed by atoms with Gasteiger partial charge in [-0.15, -0.1) is 0 Å². The number of piperidine rings is 1. The second kappa shape index (κ2) is 4.76. The van der Waals surface area contributed by atoms with E-state index < -0.39 is 29.2 Å². The fraction of sp³-hybridized carbons (Fsp3) is 0.833. The molecule has 0 aromatic rings. The van der Waals surface area contributed by atoms with Crippen molar-refractivity contribution >= 4 is 12.1 Å². The summed E-state index contributed by atoms with van der Waals surface area (Å²) in [5, 5.41) is 19.0. The predicted molar refractivity (Wildman–Crippen MR) is 64.2 cm³/mol. The predicted octanol–water partition coefficient (Wildman–Crippen LogP) is 1.08. The van der Waals surface area contributed by atoms with Gasteiger partial charge in [0.25, 0.3) is 0 Å². The van der Waals surface area contributed by atoms with Crippen LogP contribution in [-0.2, 0) is 9.53 Å². The lowest BCUT2D eigenvalue weighted by Crippen LogP contribution is -2.55. The second-order valence-electron chi connectivity index (χ2n) is 5.91. The van der Waals surface area contributed by atoms with Gasteiger partial charge in [0.2, 0.25) is 0 Å². The average molecular weight is 259 g/mol. The number of carbonyl (C=O) groups is 2. The summed E-state index contributed by atoms with van der Waals surface area (Å²) < 4.78 is 5.18. The van der Waals surface area contributed by atoms with E-state index in [9.17, 15) is 14.7 Å². The minimum absolute atomic E-state index is 0.0162. The first-order valence-electron chi connectivity index (χ1n) is 5.95. The molecule has 18 heavy (non-hydrogen) atoms. The van der Waals surface area contributed by atoms with E-state index in [-0.39, 0.29) is 19.5 Å². The minimum Gasteiger partial charge on any atom is -0.481 e. The molecule has 0 saturated carbocycles. The summed E-state index contributed by atoms with van der Waals surface area (Å²) in [7, 11) is 0. The zero-order chi connectivity index (χ0) is 14.1. The number of nitrogens with zero attached hydrogens (tertiary/aromatic N) is 1. The summed E-state index contributed by atoms with van der Waals surface area (Å²) in [6.07, 6.45) is -1.40. The van der Waals surface area contributed by atoms with Crippen molar-refractivity contribution in [3.63, 3.8) is 0 Å². The van der Waals surface area contributed by atoms with Crippen molar-refractivity contribution in [3.8, 4) is 0 Å². The molecular formula is C12H21NO5. The first-order chi connectivity index (χ1) is 8.06. The van der Waals surface area contributed by atoms with E-state index >= 15 is 0 Å². The Kier molecular flexibility index (Phi) is 3.90. The fourth-order valence-electron chi connectivity index (χ4n) is 1.78. The van der Waals surface area contributed by atoms with Crippen LogP contribution in [0.25, 0.3) is 0 Å². The van der Waals surface area contributed by atoms with Gasteiger partial charge in [0.05, 0.1) is 18.1 Å². The van der Waals surface area contributed by atoms with Crippen molar-refractivity contribution in [1.29, 1.82) is 0 Å². The monoisotopic (exact) mass is 259 g/mol. The van der Waals surface area contributed by atoms with Gasteiger partial charge < -0.3 is 19.8 Å². The first kappa shape index (κ1) is 14.8. The smallest absolute Gasteiger partial charge is 0.410 e. The van der Waals surface area contributed by atoms with E-state index in [1.807, 2.05) is 0 Å². The summed E-state index contributed by atoms with van der Waals surface area (Å²) in [5.41, 5.74) is -1.80. The first-order valence-corrected chi connectivity index (χ1v) is 5.95. The van der Waals surface area contributed by atoms with Gasteiger partial charge in [-0.05, 0) is 34.1 Å². The van der Waals surface area contributed by atoms with Crippen molar-refractivity contribution in [1.82, 2.24) is 4.90 Å². The topological polar surface area (TPSA) is 87.1 Å². The molecule has 0 aromatic heterocycles. The number of carboxylic acid groups (broad SMARTS) is 1. The average Bonchev–Trinajstić information content (AvgIpc) is 2.19. The molecule has 2 unspecified atom stereocenters. The molecule has 1 aliphatic heterocycles. The maximum absolute atomic E-state index is 11.8. The molecule has 0 radical (unpaired) electrons. The van der Waals surface area contributed by atoms with Crippen LogP contribution in [0.3, 0.4) is 0 Å². The number of ether oxygens (including phenoxy) is 1. The van der Waals surface area contributed by atoms with Gasteiger partial charge in [0.1, 0.15) is 5.60 Å². The molecule has 0 aliphatic carbocycles. The van der Waals surface area contributed by atoms with Crippen LogP contribution in [-0.4, -0.2) is 52.0 Å². The molecule has 1 heterocycles. The quantitative estimate of drug-likeness (QED) is 0.735. The van der Waals surface area contributed by atoms with Crippen LogP contribution in [0.1, 0.15) is 34.1 Å². The lowest BCUT2D eigenvalue weighted by atomic mass is 9.78. The summed E-state index contributed by atoms with van der Waals surface area (Å²) in [4.78, 5) is 24.2. The number of carboxylic acids is 1. The van der Waals surface area contributed by atoms with E-state index in [4.69, 9.17) is 9.84 Å². The van der Waals surface area contributed by atoms with Crippen molar-refractivity contribution in [2.75, 3.05) is 13.1 Å². The lowest BCUT2D eigenvalue weighted by molar-refractivity contribution is -0.160. The van der Waals surface area contributed by atoms with Gasteiger partial charge in [-0.3, -0.25) is 4.79 Å². The molecular weight excluding hydrogens is 238 g/mol. The van der Waals surface area contributed by atoms with E-state index in [1.54, 1.807) is 20.8 Å². The Labute approximate surface area is 107 Å². The Morgan fingerprint density at radius 2 is 1.94 bits per heavy atom. The van der Waals surface area contributed by atoms with Crippen molar-refractivity contribution in [2.45, 2.75) is 45.8 Å². The minimum atomic E-state index is -1.20. The molecule has 1 fully saturated rings. The number of rotatable bonds is 1. The van der Waals surface area contributed by atoms with Crippen LogP contribution < -0.4 is 0 Å². The van der Waals surface area contributed by atoms with Gasteiger partial charge >= 0.3 is 12.1 Å². The van der Waals surface area contributed by atoms with E-state index in [0.717, 1.165) is 0 Å². The van der Waals surface area contributed by atoms with E-state index in [2.05, 4.69) is 0 Å². The Hall–Kier alpha value is -1.30. The molecule has 6 nitrogen and oxygen atoms in total. The number of amides is 1. The van der Waals surface area contributed by atoms with Crippen LogP contribution in [0.15, 0.2) is 0 Å². The molecule has 104 valence electrons. The van der Waals surface area contributed by atoms with Gasteiger partial charge in [0, 0.05) is 6.54 Å². The summed E-state index contributed by atoms with van der Waals surface area (Å²) in [6, 6.07) is 0. The fourth-order valence-corrected chi connectivity index (χ4v) is 1.78. The van der Waals surface area contributed by atoms with Gasteiger partial charge in [-0.25, -0.2) is 4.79 Å². The summed E-state index contributed by atoms with van der Waals surface area (Å²) in [5.74, 6) is -1.04. The van der Waals surface area contributed by atoms with Crippen molar-refractivity contribution in [2.24, 2.45) is 5.41 Å². The third kappa shape index (κ3) is 3.13. The number of aliphatic hydroxyl groups excluding tert-OH is 1. The van der Waals surface area contributed by atoms with Gasteiger partial charge in [0.15, 0.2) is 0 Å². The molecule has 2 atom stereocenters. The molecule has 1 aliphatic rings. The van der Waals surface area contributed by atoms with Crippen molar-refractivity contribution < 1.29 is 24.5 Å². The maximum Gasteiger partial charge on any atom is 0.410 e. The zero-order valence-corrected chi connectivity index (χ0v) is 11.3. The third-order valence-corrected chi connectivity index (χ3v) is 3.17. The summed E-state index contributed by atoms with van der Waals surface area (Å²) in [6.45, 7) is 7.02. The highest BCUT2D eigenvalue weighted by molar-refractivity contribution is 5.76. The molecule has 0 spiro atoms. The maximum atomic E-state index is 11.8. The van der Waals surface area contributed by atoms with Crippen LogP contribution in [0.5, 0.6) is 0 Å². The highest BCUT2D eigenvalue weighted by Gasteiger charge is 2.46. The third-order valence-electron chi connectivity index (χ3n) is 3.17. The molecule has 2 N–H and O–H groups in total.